The first kappa shape index (κ1) is 15.3. The van der Waals surface area contributed by atoms with E-state index in [1.54, 1.807) is 4.90 Å². The molecule has 0 amide bonds. The Balaban J connectivity index is 2.75. The maximum Gasteiger partial charge on any atom is 0.317 e. The number of carboxylic acid groups (broad SMARTS) is 1. The molecule has 102 valence electrons. The van der Waals surface area contributed by atoms with Crippen molar-refractivity contribution >= 4 is 5.97 Å². The van der Waals surface area contributed by atoms with Crippen LogP contribution in [0.25, 0.3) is 0 Å². The average molecular weight is 259 g/mol. The molecule has 0 bridgehead atoms. The summed E-state index contributed by atoms with van der Waals surface area (Å²) in [6.07, 6.45) is 5.26. The predicted molar refractivity (Wildman–Crippen MR) is 76.9 cm³/mol. The largest absolute Gasteiger partial charge is 0.480 e. The highest BCUT2D eigenvalue weighted by molar-refractivity contribution is 5.69. The first-order valence-corrected chi connectivity index (χ1v) is 6.30. The standard InChI is InChI=1S/C16H21NO2/c1-5-10-17(12-15(18)19)11-13-6-8-14(9-7-13)16(2,3)4/h1,6-9H,10-12H2,2-4H3,(H,18,19). The van der Waals surface area contributed by atoms with Crippen molar-refractivity contribution in [1.82, 2.24) is 4.90 Å². The molecule has 1 aromatic carbocycles. The number of hydrogen-bond donors (Lipinski definition) is 1. The minimum atomic E-state index is -0.860. The Kier molecular flexibility index (Phi) is 5.14. The maximum atomic E-state index is 10.8. The van der Waals surface area contributed by atoms with Gasteiger partial charge < -0.3 is 5.11 Å². The zero-order chi connectivity index (χ0) is 14.5. The van der Waals surface area contributed by atoms with Gasteiger partial charge in [-0.1, -0.05) is 51.0 Å². The van der Waals surface area contributed by atoms with Crippen LogP contribution in [0.5, 0.6) is 0 Å². The summed E-state index contributed by atoms with van der Waals surface area (Å²) in [5.74, 6) is 1.63. The second-order valence-electron chi connectivity index (χ2n) is 5.69. The highest BCUT2D eigenvalue weighted by Gasteiger charge is 2.14. The zero-order valence-corrected chi connectivity index (χ0v) is 11.8. The van der Waals surface area contributed by atoms with Gasteiger partial charge in [0.05, 0.1) is 13.1 Å². The van der Waals surface area contributed by atoms with E-state index in [-0.39, 0.29) is 12.0 Å². The maximum absolute atomic E-state index is 10.8. The fraction of sp³-hybridized carbons (Fsp3) is 0.438. The molecule has 0 spiro atoms. The molecule has 0 aliphatic heterocycles. The SMILES string of the molecule is C#CCN(CC(=O)O)Cc1ccc(C(C)(C)C)cc1. The third-order valence-corrected chi connectivity index (χ3v) is 2.90. The highest BCUT2D eigenvalue weighted by atomic mass is 16.4. The van der Waals surface area contributed by atoms with E-state index in [9.17, 15) is 4.79 Å². The molecule has 0 saturated heterocycles. The molecule has 3 nitrogen and oxygen atoms in total. The summed E-state index contributed by atoms with van der Waals surface area (Å²) in [5, 5.41) is 8.83. The Hall–Kier alpha value is -1.79. The molecule has 0 atom stereocenters. The van der Waals surface area contributed by atoms with Crippen molar-refractivity contribution in [1.29, 1.82) is 0 Å². The molecule has 0 unspecified atom stereocenters. The first-order chi connectivity index (χ1) is 8.82. The van der Waals surface area contributed by atoms with Crippen molar-refractivity contribution < 1.29 is 9.90 Å². The molecule has 0 aromatic heterocycles. The van der Waals surface area contributed by atoms with E-state index in [0.717, 1.165) is 5.56 Å². The van der Waals surface area contributed by atoms with Crippen molar-refractivity contribution in [2.24, 2.45) is 0 Å². The number of rotatable bonds is 5. The van der Waals surface area contributed by atoms with E-state index in [0.29, 0.717) is 13.1 Å². The monoisotopic (exact) mass is 259 g/mol. The lowest BCUT2D eigenvalue weighted by Crippen LogP contribution is -2.29. The Morgan fingerprint density at radius 1 is 1.32 bits per heavy atom. The van der Waals surface area contributed by atoms with Gasteiger partial charge in [0, 0.05) is 6.54 Å². The van der Waals surface area contributed by atoms with Crippen LogP contribution in [0, 0.1) is 12.3 Å². The van der Waals surface area contributed by atoms with Gasteiger partial charge >= 0.3 is 5.97 Å². The molecule has 1 N–H and O–H groups in total. The van der Waals surface area contributed by atoms with Gasteiger partial charge in [-0.25, -0.2) is 0 Å². The fourth-order valence-corrected chi connectivity index (χ4v) is 1.86. The second-order valence-corrected chi connectivity index (χ2v) is 5.69. The van der Waals surface area contributed by atoms with Crippen LogP contribution in [0.2, 0.25) is 0 Å². The van der Waals surface area contributed by atoms with Gasteiger partial charge in [-0.15, -0.1) is 6.42 Å². The van der Waals surface area contributed by atoms with E-state index in [2.05, 4.69) is 38.8 Å². The van der Waals surface area contributed by atoms with Gasteiger partial charge in [0.25, 0.3) is 0 Å². The molecule has 0 radical (unpaired) electrons. The van der Waals surface area contributed by atoms with E-state index in [1.165, 1.54) is 5.56 Å². The van der Waals surface area contributed by atoms with Gasteiger partial charge in [-0.05, 0) is 16.5 Å². The summed E-state index contributed by atoms with van der Waals surface area (Å²) in [4.78, 5) is 12.5. The number of carboxylic acids is 1. The average Bonchev–Trinajstić information content (AvgIpc) is 2.28. The van der Waals surface area contributed by atoms with E-state index < -0.39 is 5.97 Å². The van der Waals surface area contributed by atoms with Crippen molar-refractivity contribution in [3.8, 4) is 12.3 Å². The Morgan fingerprint density at radius 3 is 2.32 bits per heavy atom. The zero-order valence-electron chi connectivity index (χ0n) is 11.8. The summed E-state index contributed by atoms with van der Waals surface area (Å²) < 4.78 is 0. The molecule has 0 aliphatic carbocycles. The number of nitrogens with zero attached hydrogens (tertiary/aromatic N) is 1. The highest BCUT2D eigenvalue weighted by Crippen LogP contribution is 2.22. The van der Waals surface area contributed by atoms with Crippen molar-refractivity contribution in [2.45, 2.75) is 32.7 Å². The minimum absolute atomic E-state index is 0.0365. The molecule has 0 fully saturated rings. The molecule has 0 heterocycles. The minimum Gasteiger partial charge on any atom is -0.480 e. The van der Waals surface area contributed by atoms with E-state index in [1.807, 2.05) is 12.1 Å². The number of benzene rings is 1. The molecule has 19 heavy (non-hydrogen) atoms. The Morgan fingerprint density at radius 2 is 1.89 bits per heavy atom. The lowest BCUT2D eigenvalue weighted by Gasteiger charge is -2.21. The topological polar surface area (TPSA) is 40.5 Å². The summed E-state index contributed by atoms with van der Waals surface area (Å²) in [6, 6.07) is 8.24. The van der Waals surface area contributed by atoms with Crippen LogP contribution in [0.4, 0.5) is 0 Å². The van der Waals surface area contributed by atoms with E-state index >= 15 is 0 Å². The molecule has 0 saturated carbocycles. The number of terminal acetylenes is 1. The predicted octanol–water partition coefficient (Wildman–Crippen LogP) is 2.50. The number of aliphatic carboxylic acids is 1. The fourth-order valence-electron chi connectivity index (χ4n) is 1.86. The Labute approximate surface area is 115 Å². The van der Waals surface area contributed by atoms with Crippen molar-refractivity contribution in [2.75, 3.05) is 13.1 Å². The van der Waals surface area contributed by atoms with Crippen LogP contribution >= 0.6 is 0 Å². The van der Waals surface area contributed by atoms with Crippen LogP contribution in [0.3, 0.4) is 0 Å². The summed E-state index contributed by atoms with van der Waals surface area (Å²) in [5.41, 5.74) is 2.46. The van der Waals surface area contributed by atoms with Gasteiger partial charge in [0.1, 0.15) is 0 Å². The summed E-state index contributed by atoms with van der Waals surface area (Å²) in [6.45, 7) is 7.35. The lowest BCUT2D eigenvalue weighted by molar-refractivity contribution is -0.138. The van der Waals surface area contributed by atoms with E-state index in [4.69, 9.17) is 11.5 Å². The summed E-state index contributed by atoms with van der Waals surface area (Å²) in [7, 11) is 0. The lowest BCUT2D eigenvalue weighted by atomic mass is 9.87. The van der Waals surface area contributed by atoms with Crippen LogP contribution in [-0.2, 0) is 16.8 Å². The molecule has 3 heteroatoms. The summed E-state index contributed by atoms with van der Waals surface area (Å²) >= 11 is 0. The smallest absolute Gasteiger partial charge is 0.317 e. The Bertz CT molecular complexity index is 463. The van der Waals surface area contributed by atoms with Gasteiger partial charge in [-0.2, -0.15) is 0 Å². The van der Waals surface area contributed by atoms with Gasteiger partial charge in [-0.3, -0.25) is 9.69 Å². The van der Waals surface area contributed by atoms with Crippen LogP contribution in [-0.4, -0.2) is 29.1 Å². The van der Waals surface area contributed by atoms with Crippen molar-refractivity contribution in [3.05, 3.63) is 35.4 Å². The number of carbonyl (C=O) groups is 1. The molecular formula is C16H21NO2. The first-order valence-electron chi connectivity index (χ1n) is 6.30. The quantitative estimate of drug-likeness (QED) is 0.826. The normalized spacial score (nSPS) is 11.3. The second kappa shape index (κ2) is 6.40. The van der Waals surface area contributed by atoms with Crippen LogP contribution < -0.4 is 0 Å². The van der Waals surface area contributed by atoms with Crippen LogP contribution in [0.1, 0.15) is 31.9 Å². The molecule has 0 aliphatic rings. The third-order valence-electron chi connectivity index (χ3n) is 2.90. The van der Waals surface area contributed by atoms with Crippen LogP contribution in [0.15, 0.2) is 24.3 Å². The van der Waals surface area contributed by atoms with Gasteiger partial charge in [0.2, 0.25) is 0 Å². The molecular weight excluding hydrogens is 238 g/mol. The molecule has 1 aromatic rings. The van der Waals surface area contributed by atoms with Gasteiger partial charge in [0.15, 0.2) is 0 Å². The molecule has 1 rings (SSSR count). The number of hydrogen-bond acceptors (Lipinski definition) is 2. The van der Waals surface area contributed by atoms with Crippen molar-refractivity contribution in [3.63, 3.8) is 0 Å². The third kappa shape index (κ3) is 5.15.